The van der Waals surface area contributed by atoms with Crippen LogP contribution in [0.5, 0.6) is 0 Å². The lowest BCUT2D eigenvalue weighted by Gasteiger charge is -2.31. The molecule has 2 aromatic rings. The lowest BCUT2D eigenvalue weighted by molar-refractivity contribution is 0.146. The first-order valence-electron chi connectivity index (χ1n) is 8.25. The highest BCUT2D eigenvalue weighted by molar-refractivity contribution is 7.13. The summed E-state index contributed by atoms with van der Waals surface area (Å²) in [7, 11) is 0. The molecule has 23 heavy (non-hydrogen) atoms. The molecule has 0 amide bonds. The highest BCUT2D eigenvalue weighted by atomic mass is 32.1. The van der Waals surface area contributed by atoms with E-state index in [-0.39, 0.29) is 6.61 Å². The molecule has 0 bridgehead atoms. The summed E-state index contributed by atoms with van der Waals surface area (Å²) in [6.07, 6.45) is 4.23. The molecule has 1 fully saturated rings. The van der Waals surface area contributed by atoms with Gasteiger partial charge in [0.1, 0.15) is 5.01 Å². The number of thiazole rings is 1. The molecular weight excluding hydrogens is 308 g/mol. The Hall–Kier alpha value is -1.34. The molecular formula is C17H24N4OS. The second-order valence-corrected chi connectivity index (χ2v) is 6.86. The first-order chi connectivity index (χ1) is 11.3. The van der Waals surface area contributed by atoms with Crippen molar-refractivity contribution in [3.8, 4) is 10.7 Å². The van der Waals surface area contributed by atoms with Gasteiger partial charge in [-0.2, -0.15) is 0 Å². The van der Waals surface area contributed by atoms with Gasteiger partial charge in [0.2, 0.25) is 0 Å². The summed E-state index contributed by atoms with van der Waals surface area (Å²) in [4.78, 5) is 11.3. The third-order valence-electron chi connectivity index (χ3n) is 4.30. The summed E-state index contributed by atoms with van der Waals surface area (Å²) in [5.74, 6) is 0.735. The molecule has 0 aromatic carbocycles. The summed E-state index contributed by atoms with van der Waals surface area (Å²) >= 11 is 1.65. The fraction of sp³-hybridized carbons (Fsp3) is 0.529. The molecule has 124 valence electrons. The summed E-state index contributed by atoms with van der Waals surface area (Å²) in [5.41, 5.74) is 2.04. The van der Waals surface area contributed by atoms with Crippen LogP contribution in [0.3, 0.4) is 0 Å². The van der Waals surface area contributed by atoms with Crippen molar-refractivity contribution in [2.45, 2.75) is 19.4 Å². The quantitative estimate of drug-likeness (QED) is 0.812. The Morgan fingerprint density at radius 3 is 2.91 bits per heavy atom. The molecule has 0 aliphatic carbocycles. The Balaban J connectivity index is 1.41. The minimum absolute atomic E-state index is 0.269. The van der Waals surface area contributed by atoms with E-state index in [1.165, 1.54) is 12.8 Å². The van der Waals surface area contributed by atoms with Crippen LogP contribution in [0.4, 0.5) is 0 Å². The SMILES string of the molecule is OCCN1CCC(CNCc2csc(-c3ccccn3)n2)CC1. The van der Waals surface area contributed by atoms with E-state index in [9.17, 15) is 0 Å². The minimum Gasteiger partial charge on any atom is -0.395 e. The molecule has 1 aliphatic heterocycles. The van der Waals surface area contributed by atoms with Crippen LogP contribution in [0.1, 0.15) is 18.5 Å². The van der Waals surface area contributed by atoms with Crippen LogP contribution in [-0.2, 0) is 6.54 Å². The number of pyridine rings is 1. The van der Waals surface area contributed by atoms with Crippen molar-refractivity contribution in [3.63, 3.8) is 0 Å². The van der Waals surface area contributed by atoms with Crippen molar-refractivity contribution in [2.24, 2.45) is 5.92 Å². The van der Waals surface area contributed by atoms with Crippen molar-refractivity contribution < 1.29 is 5.11 Å². The molecule has 5 nitrogen and oxygen atoms in total. The zero-order valence-corrected chi connectivity index (χ0v) is 14.1. The molecule has 0 spiro atoms. The van der Waals surface area contributed by atoms with Crippen LogP contribution < -0.4 is 5.32 Å². The Labute approximate surface area is 141 Å². The minimum atomic E-state index is 0.269. The van der Waals surface area contributed by atoms with E-state index in [1.807, 2.05) is 18.2 Å². The predicted octanol–water partition coefficient (Wildman–Crippen LogP) is 2.00. The molecule has 0 radical (unpaired) electrons. The van der Waals surface area contributed by atoms with E-state index >= 15 is 0 Å². The van der Waals surface area contributed by atoms with Gasteiger partial charge in [-0.25, -0.2) is 4.98 Å². The lowest BCUT2D eigenvalue weighted by Crippen LogP contribution is -2.38. The van der Waals surface area contributed by atoms with Gasteiger partial charge in [0.05, 0.1) is 18.0 Å². The van der Waals surface area contributed by atoms with Gasteiger partial charge in [-0.15, -0.1) is 11.3 Å². The Kier molecular flexibility index (Phi) is 6.10. The molecule has 3 rings (SSSR count). The van der Waals surface area contributed by atoms with E-state index in [1.54, 1.807) is 17.5 Å². The van der Waals surface area contributed by atoms with E-state index < -0.39 is 0 Å². The van der Waals surface area contributed by atoms with Gasteiger partial charge in [0.25, 0.3) is 0 Å². The number of nitrogens with zero attached hydrogens (tertiary/aromatic N) is 3. The van der Waals surface area contributed by atoms with Crippen LogP contribution in [0.25, 0.3) is 10.7 Å². The normalized spacial score (nSPS) is 16.7. The molecule has 6 heteroatoms. The number of β-amino-alcohol motifs (C(OH)–C–C–N with tert-alkyl or cyclic N) is 1. The van der Waals surface area contributed by atoms with Crippen molar-refractivity contribution in [2.75, 3.05) is 32.8 Å². The number of hydrogen-bond acceptors (Lipinski definition) is 6. The van der Waals surface area contributed by atoms with Crippen LogP contribution in [0, 0.1) is 5.92 Å². The fourth-order valence-electron chi connectivity index (χ4n) is 2.96. The van der Waals surface area contributed by atoms with Crippen molar-refractivity contribution in [1.29, 1.82) is 0 Å². The van der Waals surface area contributed by atoms with Gasteiger partial charge in [-0.3, -0.25) is 4.98 Å². The number of hydrogen-bond donors (Lipinski definition) is 2. The van der Waals surface area contributed by atoms with E-state index in [2.05, 4.69) is 25.6 Å². The topological polar surface area (TPSA) is 61.3 Å². The highest BCUT2D eigenvalue weighted by Gasteiger charge is 2.18. The van der Waals surface area contributed by atoms with Gasteiger partial charge in [0, 0.05) is 24.7 Å². The average molecular weight is 332 g/mol. The largest absolute Gasteiger partial charge is 0.395 e. The molecule has 2 N–H and O–H groups in total. The van der Waals surface area contributed by atoms with Crippen LogP contribution >= 0.6 is 11.3 Å². The number of piperidine rings is 1. The molecule has 1 aliphatic rings. The van der Waals surface area contributed by atoms with Crippen LogP contribution in [-0.4, -0.2) is 52.8 Å². The number of aliphatic hydroxyl groups excluding tert-OH is 1. The van der Waals surface area contributed by atoms with Crippen molar-refractivity contribution in [1.82, 2.24) is 20.2 Å². The van der Waals surface area contributed by atoms with Gasteiger partial charge < -0.3 is 15.3 Å². The van der Waals surface area contributed by atoms with E-state index in [4.69, 9.17) is 5.11 Å². The van der Waals surface area contributed by atoms with Gasteiger partial charge in [-0.05, 0) is 50.5 Å². The number of aliphatic hydroxyl groups is 1. The maximum atomic E-state index is 8.97. The summed E-state index contributed by atoms with van der Waals surface area (Å²) in [5, 5.41) is 15.6. The first kappa shape index (κ1) is 16.5. The number of likely N-dealkylation sites (tertiary alicyclic amines) is 1. The molecule has 0 atom stereocenters. The molecule has 0 unspecified atom stereocenters. The Morgan fingerprint density at radius 1 is 1.30 bits per heavy atom. The second kappa shape index (κ2) is 8.49. The maximum absolute atomic E-state index is 8.97. The number of nitrogens with one attached hydrogen (secondary N) is 1. The molecule has 2 aromatic heterocycles. The molecule has 1 saturated heterocycles. The van der Waals surface area contributed by atoms with Crippen LogP contribution in [0.15, 0.2) is 29.8 Å². The third-order valence-corrected chi connectivity index (χ3v) is 5.21. The van der Waals surface area contributed by atoms with Crippen molar-refractivity contribution >= 4 is 11.3 Å². The zero-order chi connectivity index (χ0) is 15.9. The van der Waals surface area contributed by atoms with E-state index in [0.29, 0.717) is 0 Å². The van der Waals surface area contributed by atoms with Gasteiger partial charge >= 0.3 is 0 Å². The number of aromatic nitrogens is 2. The Bertz CT molecular complexity index is 581. The highest BCUT2D eigenvalue weighted by Crippen LogP contribution is 2.21. The molecule has 0 saturated carbocycles. The number of rotatable bonds is 7. The smallest absolute Gasteiger partial charge is 0.142 e. The maximum Gasteiger partial charge on any atom is 0.142 e. The fourth-order valence-corrected chi connectivity index (χ4v) is 3.75. The van der Waals surface area contributed by atoms with Crippen molar-refractivity contribution in [3.05, 3.63) is 35.5 Å². The predicted molar refractivity (Wildman–Crippen MR) is 93.3 cm³/mol. The third kappa shape index (κ3) is 4.81. The zero-order valence-electron chi connectivity index (χ0n) is 13.3. The second-order valence-electron chi connectivity index (χ2n) is 6.00. The lowest BCUT2D eigenvalue weighted by atomic mass is 9.97. The summed E-state index contributed by atoms with van der Waals surface area (Å²) in [6.45, 7) is 5.16. The average Bonchev–Trinajstić information content (AvgIpc) is 3.06. The summed E-state index contributed by atoms with van der Waals surface area (Å²) in [6, 6.07) is 5.91. The van der Waals surface area contributed by atoms with Gasteiger partial charge in [0.15, 0.2) is 0 Å². The standard InChI is InChI=1S/C17H24N4OS/c22-10-9-21-7-4-14(5-8-21)11-18-12-15-13-23-17(20-15)16-3-1-2-6-19-16/h1-3,6,13-14,18,22H,4-5,7-12H2. The first-order valence-corrected chi connectivity index (χ1v) is 9.13. The van der Waals surface area contributed by atoms with Gasteiger partial charge in [-0.1, -0.05) is 6.07 Å². The molecule has 3 heterocycles. The summed E-state index contributed by atoms with van der Waals surface area (Å²) < 4.78 is 0. The van der Waals surface area contributed by atoms with E-state index in [0.717, 1.165) is 55.0 Å². The van der Waals surface area contributed by atoms with Crippen LogP contribution in [0.2, 0.25) is 0 Å². The monoisotopic (exact) mass is 332 g/mol. The Morgan fingerprint density at radius 2 is 2.17 bits per heavy atom.